The number of hydrogen-bond donors (Lipinski definition) is 0. The van der Waals surface area contributed by atoms with Gasteiger partial charge in [-0.3, -0.25) is 4.90 Å². The molecule has 5 rings (SSSR count). The first-order valence-electron chi connectivity index (χ1n) is 12.0. The number of piperazine rings is 1. The summed E-state index contributed by atoms with van der Waals surface area (Å²) in [5, 5.41) is 0.690. The highest BCUT2D eigenvalue weighted by molar-refractivity contribution is 7.89. The first-order chi connectivity index (χ1) is 16.9. The molecule has 0 atom stereocenters. The lowest BCUT2D eigenvalue weighted by Crippen LogP contribution is -2.48. The van der Waals surface area contributed by atoms with Crippen LogP contribution in [0.2, 0.25) is 5.02 Å². The van der Waals surface area contributed by atoms with Crippen LogP contribution in [-0.2, 0) is 16.6 Å². The Bertz CT molecular complexity index is 1410. The molecule has 1 fully saturated rings. The van der Waals surface area contributed by atoms with Gasteiger partial charge in [0.1, 0.15) is 5.65 Å². The molecular formula is C27H29ClN4O2S. The number of nitrogens with zero attached hydrogens (tertiary/aromatic N) is 4. The van der Waals surface area contributed by atoms with Crippen molar-refractivity contribution in [2.24, 2.45) is 0 Å². The fourth-order valence-corrected chi connectivity index (χ4v) is 6.27. The zero-order valence-electron chi connectivity index (χ0n) is 19.8. The maximum atomic E-state index is 12.5. The number of benzene rings is 2. The molecule has 2 aromatic heterocycles. The van der Waals surface area contributed by atoms with Gasteiger partial charge in [0.05, 0.1) is 17.1 Å². The van der Waals surface area contributed by atoms with E-state index in [1.807, 2.05) is 49.4 Å². The Hall–Kier alpha value is -2.71. The minimum Gasteiger partial charge on any atom is -0.301 e. The van der Waals surface area contributed by atoms with E-state index in [9.17, 15) is 8.42 Å². The summed E-state index contributed by atoms with van der Waals surface area (Å²) in [7, 11) is -3.17. The van der Waals surface area contributed by atoms with Crippen LogP contribution in [0.25, 0.3) is 28.0 Å². The number of hydrogen-bond acceptors (Lipinski definition) is 4. The van der Waals surface area contributed by atoms with Crippen molar-refractivity contribution in [2.75, 3.05) is 31.9 Å². The summed E-state index contributed by atoms with van der Waals surface area (Å²) < 4.78 is 28.8. The van der Waals surface area contributed by atoms with Crippen molar-refractivity contribution in [1.82, 2.24) is 18.6 Å². The molecule has 2 aromatic carbocycles. The van der Waals surface area contributed by atoms with Gasteiger partial charge in [-0.05, 0) is 41.8 Å². The Kier molecular flexibility index (Phi) is 6.93. The van der Waals surface area contributed by atoms with Gasteiger partial charge in [-0.25, -0.2) is 13.4 Å². The summed E-state index contributed by atoms with van der Waals surface area (Å²) in [5.41, 5.74) is 6.18. The second kappa shape index (κ2) is 10.1. The van der Waals surface area contributed by atoms with Gasteiger partial charge in [0.15, 0.2) is 0 Å². The molecule has 1 saturated heterocycles. The highest BCUT2D eigenvalue weighted by Crippen LogP contribution is 2.29. The monoisotopic (exact) mass is 508 g/mol. The van der Waals surface area contributed by atoms with Crippen LogP contribution in [0.1, 0.15) is 19.0 Å². The van der Waals surface area contributed by atoms with Crippen LogP contribution in [0.4, 0.5) is 0 Å². The maximum absolute atomic E-state index is 12.5. The fraction of sp³-hybridized carbons (Fsp3) is 0.296. The van der Waals surface area contributed by atoms with E-state index in [2.05, 4.69) is 39.8 Å². The number of rotatable bonds is 7. The first-order valence-corrected chi connectivity index (χ1v) is 14.0. The van der Waals surface area contributed by atoms with Crippen LogP contribution in [0.3, 0.4) is 0 Å². The molecule has 0 unspecified atom stereocenters. The number of sulfonamides is 1. The zero-order valence-corrected chi connectivity index (χ0v) is 21.3. The molecule has 4 aromatic rings. The predicted octanol–water partition coefficient (Wildman–Crippen LogP) is 5.18. The number of pyridine rings is 1. The molecular weight excluding hydrogens is 480 g/mol. The van der Waals surface area contributed by atoms with E-state index in [1.54, 1.807) is 4.31 Å². The van der Waals surface area contributed by atoms with Crippen LogP contribution in [-0.4, -0.2) is 58.9 Å². The SMILES string of the molecule is CCCS(=O)(=O)N1CCN(Cc2c(-c3ccc(Cl)cc3)nc3ccc(-c4ccccc4)cn23)CC1. The second-order valence-electron chi connectivity index (χ2n) is 8.92. The molecule has 0 aliphatic carbocycles. The van der Waals surface area contributed by atoms with E-state index in [4.69, 9.17) is 16.6 Å². The van der Waals surface area contributed by atoms with E-state index in [0.717, 1.165) is 33.7 Å². The molecule has 0 N–H and O–H groups in total. The minimum absolute atomic E-state index is 0.212. The third-order valence-corrected chi connectivity index (χ3v) is 8.83. The Balaban J connectivity index is 1.49. The van der Waals surface area contributed by atoms with E-state index in [1.165, 1.54) is 0 Å². The number of aromatic nitrogens is 2. The largest absolute Gasteiger partial charge is 0.301 e. The molecule has 182 valence electrons. The Morgan fingerprint density at radius 3 is 2.23 bits per heavy atom. The maximum Gasteiger partial charge on any atom is 0.214 e. The average Bonchev–Trinajstić information content (AvgIpc) is 3.23. The summed E-state index contributed by atoms with van der Waals surface area (Å²) in [4.78, 5) is 7.29. The van der Waals surface area contributed by atoms with Crippen molar-refractivity contribution in [3.63, 3.8) is 0 Å². The summed E-state index contributed by atoms with van der Waals surface area (Å²) in [6.07, 6.45) is 2.78. The van der Waals surface area contributed by atoms with Gasteiger partial charge in [-0.2, -0.15) is 4.31 Å². The third kappa shape index (κ3) is 5.14. The quantitative estimate of drug-likeness (QED) is 0.345. The van der Waals surface area contributed by atoms with Gasteiger partial charge in [0.25, 0.3) is 0 Å². The van der Waals surface area contributed by atoms with Crippen molar-refractivity contribution in [2.45, 2.75) is 19.9 Å². The Morgan fingerprint density at radius 2 is 1.54 bits per heavy atom. The molecule has 1 aliphatic rings. The Morgan fingerprint density at radius 1 is 0.857 bits per heavy atom. The lowest BCUT2D eigenvalue weighted by atomic mass is 10.1. The molecule has 35 heavy (non-hydrogen) atoms. The molecule has 0 radical (unpaired) electrons. The number of imidazole rings is 1. The van der Waals surface area contributed by atoms with Crippen LogP contribution >= 0.6 is 11.6 Å². The van der Waals surface area contributed by atoms with Crippen molar-refractivity contribution in [3.05, 3.63) is 83.6 Å². The molecule has 1 aliphatic heterocycles. The van der Waals surface area contributed by atoms with Crippen LogP contribution in [0.5, 0.6) is 0 Å². The summed E-state index contributed by atoms with van der Waals surface area (Å²) >= 11 is 6.15. The highest BCUT2D eigenvalue weighted by Gasteiger charge is 2.27. The van der Waals surface area contributed by atoms with E-state index in [-0.39, 0.29) is 5.75 Å². The molecule has 8 heteroatoms. The standard InChI is InChI=1S/C27H29ClN4O2S/c1-2-18-35(33,34)31-16-14-30(15-17-31)20-25-27(22-8-11-24(28)12-9-22)29-26-13-10-23(19-32(25)26)21-6-4-3-5-7-21/h3-13,19H,2,14-18,20H2,1H3. The van der Waals surface area contributed by atoms with Crippen molar-refractivity contribution < 1.29 is 8.42 Å². The second-order valence-corrected chi connectivity index (χ2v) is 11.4. The Labute approximate surface area is 211 Å². The van der Waals surface area contributed by atoms with Crippen molar-refractivity contribution >= 4 is 27.3 Å². The minimum atomic E-state index is -3.17. The van der Waals surface area contributed by atoms with Crippen LogP contribution in [0, 0.1) is 0 Å². The third-order valence-electron chi connectivity index (χ3n) is 6.50. The van der Waals surface area contributed by atoms with Gasteiger partial charge >= 0.3 is 0 Å². The fourth-order valence-electron chi connectivity index (χ4n) is 4.65. The highest BCUT2D eigenvalue weighted by atomic mass is 35.5. The van der Waals surface area contributed by atoms with Gasteiger partial charge in [0.2, 0.25) is 10.0 Å². The summed E-state index contributed by atoms with van der Waals surface area (Å²) in [5.74, 6) is 0.212. The molecule has 0 amide bonds. The summed E-state index contributed by atoms with van der Waals surface area (Å²) in [6.45, 7) is 5.00. The smallest absolute Gasteiger partial charge is 0.214 e. The molecule has 0 bridgehead atoms. The topological polar surface area (TPSA) is 57.9 Å². The van der Waals surface area contributed by atoms with Crippen LogP contribution in [0.15, 0.2) is 72.9 Å². The van der Waals surface area contributed by atoms with Crippen molar-refractivity contribution in [1.29, 1.82) is 0 Å². The van der Waals surface area contributed by atoms with E-state index < -0.39 is 10.0 Å². The predicted molar refractivity (Wildman–Crippen MR) is 142 cm³/mol. The van der Waals surface area contributed by atoms with Gasteiger partial charge in [0, 0.05) is 49.5 Å². The number of fused-ring (bicyclic) bond motifs is 1. The van der Waals surface area contributed by atoms with Gasteiger partial charge < -0.3 is 4.40 Å². The summed E-state index contributed by atoms with van der Waals surface area (Å²) in [6, 6.07) is 22.2. The van der Waals surface area contributed by atoms with Crippen LogP contribution < -0.4 is 0 Å². The lowest BCUT2D eigenvalue weighted by Gasteiger charge is -2.34. The molecule has 3 heterocycles. The number of halogens is 1. The lowest BCUT2D eigenvalue weighted by molar-refractivity contribution is 0.180. The average molecular weight is 509 g/mol. The van der Waals surface area contributed by atoms with Gasteiger partial charge in [-0.15, -0.1) is 0 Å². The molecule has 0 saturated carbocycles. The zero-order chi connectivity index (χ0) is 24.4. The normalized spacial score (nSPS) is 15.6. The van der Waals surface area contributed by atoms with E-state index in [0.29, 0.717) is 44.2 Å². The first kappa shape index (κ1) is 24.0. The van der Waals surface area contributed by atoms with E-state index >= 15 is 0 Å². The molecule has 6 nitrogen and oxygen atoms in total. The van der Waals surface area contributed by atoms with Crippen molar-refractivity contribution in [3.8, 4) is 22.4 Å². The van der Waals surface area contributed by atoms with Gasteiger partial charge in [-0.1, -0.05) is 61.0 Å². The molecule has 0 spiro atoms.